The highest BCUT2D eigenvalue weighted by molar-refractivity contribution is 7.86. The minimum absolute atomic E-state index is 0.00213. The van der Waals surface area contributed by atoms with Gasteiger partial charge in [0.15, 0.2) is 21.3 Å². The quantitative estimate of drug-likeness (QED) is 0.101. The minimum atomic E-state index is -5.04. The van der Waals surface area contributed by atoms with E-state index in [0.29, 0.717) is 53.1 Å². The van der Waals surface area contributed by atoms with Gasteiger partial charge < -0.3 is 29.7 Å². The summed E-state index contributed by atoms with van der Waals surface area (Å²) < 4.78 is 83.3. The summed E-state index contributed by atoms with van der Waals surface area (Å²) in [5, 5.41) is 22.9. The smallest absolute Gasteiger partial charge is 0.333 e. The van der Waals surface area contributed by atoms with Gasteiger partial charge in [0.1, 0.15) is 5.82 Å². The number of benzene rings is 2. The van der Waals surface area contributed by atoms with Crippen LogP contribution in [-0.2, 0) is 42.4 Å². The van der Waals surface area contributed by atoms with Crippen LogP contribution in [0.25, 0.3) is 5.57 Å². The molecule has 0 aliphatic carbocycles. The Morgan fingerprint density at radius 1 is 0.926 bits per heavy atom. The van der Waals surface area contributed by atoms with E-state index in [0.717, 1.165) is 0 Å². The molecule has 0 amide bonds. The number of aromatic nitrogens is 3. The monoisotopic (exact) mass is 783 g/mol. The number of aryl methyl sites for hydroxylation is 1. The molecule has 0 radical (unpaired) electrons. The van der Waals surface area contributed by atoms with E-state index in [9.17, 15) is 40.9 Å². The Morgan fingerprint density at radius 2 is 1.59 bits per heavy atom. The molecule has 2 unspecified atom stereocenters. The minimum Gasteiger partial charge on any atom is -0.492 e. The van der Waals surface area contributed by atoms with Crippen molar-refractivity contribution in [3.8, 4) is 23.3 Å². The Hall–Kier alpha value is -4.91. The van der Waals surface area contributed by atoms with Crippen LogP contribution in [0.4, 0.5) is 5.69 Å². The van der Waals surface area contributed by atoms with E-state index in [-0.39, 0.29) is 45.8 Å². The van der Waals surface area contributed by atoms with E-state index in [4.69, 9.17) is 9.57 Å². The molecule has 2 aromatic heterocycles. The number of aromatic hydroxyl groups is 2. The van der Waals surface area contributed by atoms with Crippen LogP contribution >= 0.6 is 0 Å². The van der Waals surface area contributed by atoms with Crippen molar-refractivity contribution in [3.05, 3.63) is 69.7 Å². The first-order valence-electron chi connectivity index (χ1n) is 17.4. The highest BCUT2D eigenvalue weighted by atomic mass is 32.2. The van der Waals surface area contributed by atoms with Gasteiger partial charge in [-0.05, 0) is 49.9 Å². The average molecular weight is 784 g/mol. The zero-order valence-electron chi connectivity index (χ0n) is 30.4. The summed E-state index contributed by atoms with van der Waals surface area (Å²) in [7, 11) is -10.1. The molecular formula is C36H41N5O11S2. The van der Waals surface area contributed by atoms with Crippen LogP contribution in [0.15, 0.2) is 51.4 Å². The van der Waals surface area contributed by atoms with Crippen molar-refractivity contribution in [1.82, 2.24) is 14.3 Å². The summed E-state index contributed by atoms with van der Waals surface area (Å²) in [5.74, 6) is -1.86. The molecule has 0 saturated carbocycles. The van der Waals surface area contributed by atoms with E-state index in [1.807, 2.05) is 46.1 Å². The Morgan fingerprint density at radius 3 is 2.24 bits per heavy atom. The molecule has 0 bridgehead atoms. The number of ether oxygens (including phenoxy) is 1. The van der Waals surface area contributed by atoms with E-state index < -0.39 is 64.6 Å². The lowest BCUT2D eigenvalue weighted by Crippen LogP contribution is -2.33. The van der Waals surface area contributed by atoms with Crippen LogP contribution < -0.4 is 25.5 Å². The van der Waals surface area contributed by atoms with Crippen LogP contribution in [0.2, 0.25) is 0 Å². The zero-order chi connectivity index (χ0) is 39.3. The molecule has 3 aliphatic heterocycles. The fourth-order valence-corrected chi connectivity index (χ4v) is 8.99. The summed E-state index contributed by atoms with van der Waals surface area (Å²) in [6, 6.07) is 5.22. The molecule has 3 aliphatic rings. The van der Waals surface area contributed by atoms with Gasteiger partial charge in [0.05, 0.1) is 17.1 Å². The molecular weight excluding hydrogens is 743 g/mol. The number of nitrogens with one attached hydrogen (secondary N) is 1. The first-order chi connectivity index (χ1) is 25.1. The number of fused-ring (bicyclic) bond motifs is 4. The lowest BCUT2D eigenvalue weighted by molar-refractivity contribution is -0.145. The Bertz CT molecular complexity index is 2590. The van der Waals surface area contributed by atoms with Gasteiger partial charge in [0.2, 0.25) is 11.8 Å². The molecule has 288 valence electrons. The molecule has 2 atom stereocenters. The molecule has 18 heteroatoms. The Labute approximate surface area is 311 Å². The third-order valence-electron chi connectivity index (χ3n) is 11.1. The van der Waals surface area contributed by atoms with Crippen LogP contribution in [-0.4, -0.2) is 68.5 Å². The van der Waals surface area contributed by atoms with E-state index in [1.54, 1.807) is 24.5 Å². The number of carbonyl (C=O) groups excluding carboxylic acids is 1. The number of unbranched alkanes of at least 4 members (excludes halogenated alkanes) is 2. The van der Waals surface area contributed by atoms with Crippen LogP contribution in [0.3, 0.4) is 0 Å². The SMILES string of the molecule is CC1N=c2c(cc3c(c2S(=O)(=O)O)Oc2c(cc4c(c2S(=O)(=O)O)NC(C)C4(C)C)C=3c2nccn2CCCCCC(=O)On2c(O)ccc2O)C1(C)C. The number of hydrogen-bond acceptors (Lipinski definition) is 12. The van der Waals surface area contributed by atoms with Gasteiger partial charge >= 0.3 is 5.97 Å². The first kappa shape index (κ1) is 37.4. The van der Waals surface area contributed by atoms with Gasteiger partial charge in [-0.15, -0.1) is 4.73 Å². The largest absolute Gasteiger partial charge is 0.492 e. The van der Waals surface area contributed by atoms with E-state index in [1.165, 1.54) is 12.1 Å². The molecule has 0 saturated heterocycles. The van der Waals surface area contributed by atoms with Crippen molar-refractivity contribution in [3.63, 3.8) is 0 Å². The number of carbonyl (C=O) groups is 1. The molecule has 7 rings (SSSR count). The Kier molecular flexibility index (Phi) is 8.71. The van der Waals surface area contributed by atoms with Gasteiger partial charge in [-0.3, -0.25) is 14.1 Å². The average Bonchev–Trinajstić information content (AvgIpc) is 3.77. The lowest BCUT2D eigenvalue weighted by Gasteiger charge is -2.29. The molecule has 54 heavy (non-hydrogen) atoms. The van der Waals surface area contributed by atoms with Crippen LogP contribution in [0, 0.1) is 0 Å². The lowest BCUT2D eigenvalue weighted by atomic mass is 9.79. The van der Waals surface area contributed by atoms with Crippen molar-refractivity contribution in [2.75, 3.05) is 5.32 Å². The molecule has 5 heterocycles. The third kappa shape index (κ3) is 5.91. The van der Waals surface area contributed by atoms with Gasteiger partial charge in [-0.25, -0.2) is 9.78 Å². The number of hydrogen-bond donors (Lipinski definition) is 5. The van der Waals surface area contributed by atoms with Crippen molar-refractivity contribution in [1.29, 1.82) is 0 Å². The molecule has 0 spiro atoms. The Balaban J connectivity index is 1.38. The molecule has 2 aromatic carbocycles. The molecule has 16 nitrogen and oxygen atoms in total. The molecule has 0 fully saturated rings. The normalized spacial score (nSPS) is 19.2. The van der Waals surface area contributed by atoms with Crippen molar-refractivity contribution in [2.24, 2.45) is 4.99 Å². The maximum Gasteiger partial charge on any atom is 0.333 e. The van der Waals surface area contributed by atoms with E-state index >= 15 is 0 Å². The summed E-state index contributed by atoms with van der Waals surface area (Å²) in [6.45, 7) is 11.7. The van der Waals surface area contributed by atoms with Crippen molar-refractivity contribution < 1.29 is 50.5 Å². The van der Waals surface area contributed by atoms with Gasteiger partial charge in [0.25, 0.3) is 20.2 Å². The predicted octanol–water partition coefficient (Wildman–Crippen LogP) is 3.55. The van der Waals surface area contributed by atoms with Crippen LogP contribution in [0.5, 0.6) is 23.3 Å². The molecule has 5 N–H and O–H groups in total. The highest BCUT2D eigenvalue weighted by Gasteiger charge is 2.46. The van der Waals surface area contributed by atoms with Gasteiger partial charge in [-0.1, -0.05) is 34.1 Å². The third-order valence-corrected chi connectivity index (χ3v) is 12.9. The second-order valence-electron chi connectivity index (χ2n) is 15.1. The number of rotatable bonds is 10. The zero-order valence-corrected chi connectivity index (χ0v) is 32.0. The van der Waals surface area contributed by atoms with Gasteiger partial charge in [-0.2, -0.15) is 16.8 Å². The summed E-state index contributed by atoms with van der Waals surface area (Å²) in [5.41, 5.74) is 0.488. The number of anilines is 1. The highest BCUT2D eigenvalue weighted by Crippen LogP contribution is 2.52. The second-order valence-corrected chi connectivity index (χ2v) is 17.8. The topological polar surface area (TPSA) is 232 Å². The number of nitrogens with zero attached hydrogens (tertiary/aromatic N) is 4. The molecule has 4 aromatic rings. The fraction of sp³-hybridized carbons (Fsp3) is 0.417. The fourth-order valence-electron chi connectivity index (χ4n) is 7.39. The number of imidazole rings is 1. The maximum atomic E-state index is 13.3. The van der Waals surface area contributed by atoms with Crippen molar-refractivity contribution >= 4 is 37.5 Å². The van der Waals surface area contributed by atoms with Gasteiger partial charge in [0, 0.05) is 70.7 Å². The van der Waals surface area contributed by atoms with Crippen LogP contribution in [0.1, 0.15) is 89.7 Å². The van der Waals surface area contributed by atoms with Crippen molar-refractivity contribution in [2.45, 2.75) is 106 Å². The summed E-state index contributed by atoms with van der Waals surface area (Å²) in [6.07, 6.45) is 4.76. The summed E-state index contributed by atoms with van der Waals surface area (Å²) >= 11 is 0. The summed E-state index contributed by atoms with van der Waals surface area (Å²) in [4.78, 5) is 25.5. The second kappa shape index (κ2) is 12.6. The predicted molar refractivity (Wildman–Crippen MR) is 194 cm³/mol. The maximum absolute atomic E-state index is 13.3. The first-order valence-corrected chi connectivity index (χ1v) is 20.2. The van der Waals surface area contributed by atoms with E-state index in [2.05, 4.69) is 15.3 Å². The standard InChI is InChI=1S/C36H41N5O11S2/c1-18-35(3,4)22-16-20-27(34-37-13-15-40(34)14-9-7-8-10-26(44)52-41-24(42)11-12-25(41)43)21-17-23-29(39-19(2)36(23,5)6)33(54(48,49)50)31(21)51-30(20)32(28(22)38-18)53(45,46)47/h11-13,15-19,38,42-43H,7-10,14H2,1-6H3,(H,45,46,47)(H,48,49,50).